The monoisotopic (exact) mass is 954 g/mol. The molecule has 0 fully saturated rings. The first-order valence-corrected chi connectivity index (χ1v) is 25.9. The molecule has 0 saturated heterocycles. The Bertz CT molecular complexity index is 4100. The average Bonchev–Trinajstić information content (AvgIpc) is 4.03. The van der Waals surface area contributed by atoms with Gasteiger partial charge in [0, 0.05) is 33.5 Å². The van der Waals surface area contributed by atoms with Gasteiger partial charge in [-0.1, -0.05) is 237 Å². The summed E-state index contributed by atoms with van der Waals surface area (Å²) < 4.78 is 2.48. The maximum atomic E-state index is 2.48. The highest BCUT2D eigenvalue weighted by Crippen LogP contribution is 2.56. The van der Waals surface area contributed by atoms with Crippen molar-refractivity contribution in [1.29, 1.82) is 0 Å². The molecule has 1 aromatic heterocycles. The Kier molecular flexibility index (Phi) is 10.8. The standard InChI is InChI=1S/C73H50N2/c1-6-22-51(23-7-1)55-46-56(52-24-8-2-9-25-52)48-62(47-55)74(59-30-14-5-15-31-59)60-41-38-53(39-42-60)63-32-16-17-33-64(63)54-40-44-67-66-35-19-21-37-71(66)75(72(67)49-54)61-43-45-70-68(50-61)65-34-18-20-36-69(65)73(70,57-26-10-3-11-27-57)58-28-12-4-13-29-58/h1-50H. The molecular weight excluding hydrogens is 905 g/mol. The van der Waals surface area contributed by atoms with E-state index in [0.29, 0.717) is 0 Å². The number of hydrogen-bond donors (Lipinski definition) is 0. The summed E-state index contributed by atoms with van der Waals surface area (Å²) in [4.78, 5) is 2.38. The van der Waals surface area contributed by atoms with Crippen molar-refractivity contribution >= 4 is 38.9 Å². The van der Waals surface area contributed by atoms with Gasteiger partial charge in [-0.2, -0.15) is 0 Å². The molecule has 0 aliphatic heterocycles. The highest BCUT2D eigenvalue weighted by molar-refractivity contribution is 6.10. The van der Waals surface area contributed by atoms with Gasteiger partial charge in [0.25, 0.3) is 0 Å². The molecule has 14 rings (SSSR count). The lowest BCUT2D eigenvalue weighted by atomic mass is 9.68. The third-order valence-electron chi connectivity index (χ3n) is 15.5. The number of fused-ring (bicyclic) bond motifs is 6. The Labute approximate surface area is 438 Å². The molecule has 2 heteroatoms. The van der Waals surface area contributed by atoms with Crippen LogP contribution in [0.3, 0.4) is 0 Å². The molecule has 352 valence electrons. The first-order valence-electron chi connectivity index (χ1n) is 25.9. The zero-order chi connectivity index (χ0) is 49.7. The predicted octanol–water partition coefficient (Wildman–Crippen LogP) is 19.3. The molecule has 0 spiro atoms. The predicted molar refractivity (Wildman–Crippen MR) is 315 cm³/mol. The normalized spacial score (nSPS) is 12.4. The van der Waals surface area contributed by atoms with Crippen molar-refractivity contribution in [3.63, 3.8) is 0 Å². The summed E-state index contributed by atoms with van der Waals surface area (Å²) in [7, 11) is 0. The molecule has 0 radical (unpaired) electrons. The van der Waals surface area contributed by atoms with Crippen LogP contribution in [-0.2, 0) is 5.41 Å². The van der Waals surface area contributed by atoms with Gasteiger partial charge in [0.1, 0.15) is 0 Å². The molecule has 13 aromatic rings. The third kappa shape index (κ3) is 7.41. The lowest BCUT2D eigenvalue weighted by Gasteiger charge is -2.33. The van der Waals surface area contributed by atoms with Crippen molar-refractivity contribution in [2.45, 2.75) is 5.41 Å². The first-order chi connectivity index (χ1) is 37.2. The molecule has 0 atom stereocenters. The van der Waals surface area contributed by atoms with E-state index in [1.807, 2.05) is 0 Å². The van der Waals surface area contributed by atoms with Crippen molar-refractivity contribution in [3.8, 4) is 61.3 Å². The Balaban J connectivity index is 0.884. The number of anilines is 3. The van der Waals surface area contributed by atoms with Gasteiger partial charge >= 0.3 is 0 Å². The van der Waals surface area contributed by atoms with E-state index in [4.69, 9.17) is 0 Å². The summed E-state index contributed by atoms with van der Waals surface area (Å²) >= 11 is 0. The highest BCUT2D eigenvalue weighted by atomic mass is 15.1. The summed E-state index contributed by atoms with van der Waals surface area (Å²) in [6.45, 7) is 0. The van der Waals surface area contributed by atoms with Gasteiger partial charge in [-0.25, -0.2) is 0 Å². The van der Waals surface area contributed by atoms with Gasteiger partial charge in [0.05, 0.1) is 16.4 Å². The van der Waals surface area contributed by atoms with Gasteiger partial charge in [-0.3, -0.25) is 0 Å². The van der Waals surface area contributed by atoms with Crippen LogP contribution >= 0.6 is 0 Å². The summed E-state index contributed by atoms with van der Waals surface area (Å²) in [6, 6.07) is 111. The van der Waals surface area contributed by atoms with E-state index in [2.05, 4.69) is 313 Å². The van der Waals surface area contributed by atoms with Crippen LogP contribution in [0.2, 0.25) is 0 Å². The first kappa shape index (κ1) is 44.0. The van der Waals surface area contributed by atoms with E-state index in [9.17, 15) is 0 Å². The SMILES string of the molecule is c1ccc(-c2cc(-c3ccccc3)cc(N(c3ccccc3)c3ccc(-c4ccccc4-c4ccc5c6ccccc6n(-c6ccc7c(c6)-c6ccccc6C7(c6ccccc6)c6ccccc6)c5c4)cc3)c2)cc1. The lowest BCUT2D eigenvalue weighted by Crippen LogP contribution is -2.28. The van der Waals surface area contributed by atoms with Crippen LogP contribution in [0.4, 0.5) is 17.1 Å². The second-order valence-electron chi connectivity index (χ2n) is 19.6. The molecule has 0 unspecified atom stereocenters. The number of hydrogen-bond acceptors (Lipinski definition) is 1. The van der Waals surface area contributed by atoms with Crippen molar-refractivity contribution in [3.05, 3.63) is 326 Å². The molecule has 0 N–H and O–H groups in total. The Morgan fingerprint density at radius 3 is 1.37 bits per heavy atom. The molecule has 75 heavy (non-hydrogen) atoms. The fourth-order valence-electron chi connectivity index (χ4n) is 12.1. The van der Waals surface area contributed by atoms with Gasteiger partial charge in [-0.15, -0.1) is 0 Å². The fraction of sp³-hybridized carbons (Fsp3) is 0.0137. The third-order valence-corrected chi connectivity index (χ3v) is 15.5. The molecule has 0 bridgehead atoms. The van der Waals surface area contributed by atoms with Gasteiger partial charge in [-0.05, 0) is 145 Å². The number of rotatable bonds is 10. The minimum atomic E-state index is -0.456. The van der Waals surface area contributed by atoms with Crippen LogP contribution in [0.1, 0.15) is 22.3 Å². The number of aromatic nitrogens is 1. The van der Waals surface area contributed by atoms with Crippen LogP contribution < -0.4 is 4.90 Å². The Morgan fingerprint density at radius 1 is 0.253 bits per heavy atom. The maximum Gasteiger partial charge on any atom is 0.0713 e. The van der Waals surface area contributed by atoms with Gasteiger partial charge < -0.3 is 9.47 Å². The number of nitrogens with zero attached hydrogens (tertiary/aromatic N) is 2. The van der Waals surface area contributed by atoms with E-state index in [0.717, 1.165) is 28.3 Å². The van der Waals surface area contributed by atoms with Crippen molar-refractivity contribution in [2.75, 3.05) is 4.90 Å². The van der Waals surface area contributed by atoms with E-state index >= 15 is 0 Å². The second kappa shape index (κ2) is 18.4. The van der Waals surface area contributed by atoms with E-state index in [-0.39, 0.29) is 0 Å². The summed E-state index contributed by atoms with van der Waals surface area (Å²) in [5.41, 5.74) is 23.4. The largest absolute Gasteiger partial charge is 0.310 e. The summed E-state index contributed by atoms with van der Waals surface area (Å²) in [5, 5.41) is 2.47. The molecule has 1 aliphatic rings. The maximum absolute atomic E-state index is 2.48. The van der Waals surface area contributed by atoms with Crippen LogP contribution in [0, 0.1) is 0 Å². The van der Waals surface area contributed by atoms with Crippen LogP contribution in [0.25, 0.3) is 83.1 Å². The zero-order valence-corrected chi connectivity index (χ0v) is 41.3. The van der Waals surface area contributed by atoms with Gasteiger partial charge in [0.2, 0.25) is 0 Å². The molecule has 1 aliphatic carbocycles. The molecule has 0 amide bonds. The van der Waals surface area contributed by atoms with Crippen LogP contribution in [0.5, 0.6) is 0 Å². The number of para-hydroxylation sites is 2. The smallest absolute Gasteiger partial charge is 0.0713 e. The molecule has 1 heterocycles. The number of benzene rings is 12. The minimum absolute atomic E-state index is 0.456. The summed E-state index contributed by atoms with van der Waals surface area (Å²) in [6.07, 6.45) is 0. The minimum Gasteiger partial charge on any atom is -0.310 e. The van der Waals surface area contributed by atoms with Crippen LogP contribution in [0.15, 0.2) is 303 Å². The van der Waals surface area contributed by atoms with Crippen molar-refractivity contribution in [2.24, 2.45) is 0 Å². The van der Waals surface area contributed by atoms with Gasteiger partial charge in [0.15, 0.2) is 0 Å². The molecule has 12 aromatic carbocycles. The molecular formula is C73H50N2. The average molecular weight is 955 g/mol. The van der Waals surface area contributed by atoms with Crippen molar-refractivity contribution in [1.82, 2.24) is 4.57 Å². The van der Waals surface area contributed by atoms with E-state index < -0.39 is 5.41 Å². The zero-order valence-electron chi connectivity index (χ0n) is 41.3. The molecule has 2 nitrogen and oxygen atoms in total. The second-order valence-corrected chi connectivity index (χ2v) is 19.6. The lowest BCUT2D eigenvalue weighted by molar-refractivity contribution is 0.768. The summed E-state index contributed by atoms with van der Waals surface area (Å²) in [5.74, 6) is 0. The van der Waals surface area contributed by atoms with E-state index in [1.54, 1.807) is 0 Å². The topological polar surface area (TPSA) is 8.17 Å². The van der Waals surface area contributed by atoms with E-state index in [1.165, 1.54) is 94.1 Å². The van der Waals surface area contributed by atoms with Crippen molar-refractivity contribution < 1.29 is 0 Å². The Hall–Kier alpha value is -9.76. The fourth-order valence-corrected chi connectivity index (χ4v) is 12.1. The Morgan fingerprint density at radius 2 is 0.733 bits per heavy atom. The molecule has 0 saturated carbocycles. The quantitative estimate of drug-likeness (QED) is 0.133. The van der Waals surface area contributed by atoms with Crippen LogP contribution in [-0.4, -0.2) is 4.57 Å². The highest BCUT2D eigenvalue weighted by Gasteiger charge is 2.46.